The topological polar surface area (TPSA) is 52.6 Å². The highest BCUT2D eigenvalue weighted by Gasteiger charge is 2.28. The van der Waals surface area contributed by atoms with Gasteiger partial charge in [0.2, 0.25) is 5.78 Å². The van der Waals surface area contributed by atoms with Crippen LogP contribution in [0, 0.1) is 13.8 Å². The van der Waals surface area contributed by atoms with Crippen LogP contribution in [0.25, 0.3) is 6.08 Å². The van der Waals surface area contributed by atoms with Crippen LogP contribution in [0.1, 0.15) is 36.7 Å². The standard InChI is InChI=1S/C22H16O4S/c1-13-3-5-15(6-4-13)22(24)25-16-7-8-17-18(11-16)26-19(21(17)23)12-20-14(2)9-10-27-20/h3-12H,1-2H3. The van der Waals surface area contributed by atoms with Gasteiger partial charge in [-0.15, -0.1) is 11.3 Å². The van der Waals surface area contributed by atoms with Crippen molar-refractivity contribution < 1.29 is 19.1 Å². The zero-order chi connectivity index (χ0) is 19.0. The minimum absolute atomic E-state index is 0.172. The van der Waals surface area contributed by atoms with Crippen molar-refractivity contribution >= 4 is 29.2 Å². The van der Waals surface area contributed by atoms with Gasteiger partial charge in [-0.3, -0.25) is 4.79 Å². The van der Waals surface area contributed by atoms with Gasteiger partial charge in [0, 0.05) is 17.0 Å². The molecule has 1 aliphatic rings. The van der Waals surface area contributed by atoms with E-state index in [-0.39, 0.29) is 11.5 Å². The number of fused-ring (bicyclic) bond motifs is 1. The number of thiophene rings is 1. The maximum Gasteiger partial charge on any atom is 0.343 e. The molecule has 0 amide bonds. The quantitative estimate of drug-likeness (QED) is 0.358. The number of carbonyl (C=O) groups excluding carboxylic acids is 2. The van der Waals surface area contributed by atoms with Gasteiger partial charge in [0.1, 0.15) is 11.5 Å². The highest BCUT2D eigenvalue weighted by atomic mass is 32.1. The Balaban J connectivity index is 1.56. The first-order chi connectivity index (χ1) is 13.0. The van der Waals surface area contributed by atoms with Crippen LogP contribution < -0.4 is 9.47 Å². The van der Waals surface area contributed by atoms with Gasteiger partial charge in [-0.05, 0) is 55.1 Å². The Morgan fingerprint density at radius 3 is 2.56 bits per heavy atom. The number of carbonyl (C=O) groups is 2. The van der Waals surface area contributed by atoms with Crippen LogP contribution in [0.3, 0.4) is 0 Å². The summed E-state index contributed by atoms with van der Waals surface area (Å²) in [5, 5.41) is 1.97. The molecule has 0 spiro atoms. The van der Waals surface area contributed by atoms with Crippen LogP contribution in [0.5, 0.6) is 11.5 Å². The maximum atomic E-state index is 12.5. The normalized spacial score (nSPS) is 14.1. The van der Waals surface area contributed by atoms with Gasteiger partial charge in [-0.2, -0.15) is 0 Å². The summed E-state index contributed by atoms with van der Waals surface area (Å²) in [7, 11) is 0. The van der Waals surface area contributed by atoms with E-state index in [0.29, 0.717) is 22.6 Å². The number of benzene rings is 2. The summed E-state index contributed by atoms with van der Waals surface area (Å²) in [6, 6.07) is 13.9. The number of ketones is 1. The maximum absolute atomic E-state index is 12.5. The molecule has 27 heavy (non-hydrogen) atoms. The highest BCUT2D eigenvalue weighted by molar-refractivity contribution is 7.11. The first-order valence-corrected chi connectivity index (χ1v) is 9.30. The summed E-state index contributed by atoms with van der Waals surface area (Å²) in [6.45, 7) is 3.94. The second-order valence-corrected chi connectivity index (χ2v) is 7.27. The summed E-state index contributed by atoms with van der Waals surface area (Å²) in [5.74, 6) is 0.381. The van der Waals surface area contributed by atoms with Crippen LogP contribution in [0.2, 0.25) is 0 Å². The van der Waals surface area contributed by atoms with Crippen molar-refractivity contribution in [2.24, 2.45) is 0 Å². The average molecular weight is 376 g/mol. The Hall–Kier alpha value is -3.18. The summed E-state index contributed by atoms with van der Waals surface area (Å²) >= 11 is 1.55. The predicted molar refractivity (Wildman–Crippen MR) is 105 cm³/mol. The van der Waals surface area contributed by atoms with Crippen molar-refractivity contribution in [3.63, 3.8) is 0 Å². The van der Waals surface area contributed by atoms with E-state index < -0.39 is 5.97 Å². The van der Waals surface area contributed by atoms with Crippen molar-refractivity contribution in [3.8, 4) is 11.5 Å². The summed E-state index contributed by atoms with van der Waals surface area (Å²) < 4.78 is 11.1. The van der Waals surface area contributed by atoms with Gasteiger partial charge < -0.3 is 9.47 Å². The molecule has 134 valence electrons. The molecule has 0 radical (unpaired) electrons. The number of aryl methyl sites for hydroxylation is 2. The molecule has 4 rings (SSSR count). The fraction of sp³-hybridized carbons (Fsp3) is 0.0909. The Morgan fingerprint density at radius 2 is 1.85 bits per heavy atom. The minimum atomic E-state index is -0.454. The van der Waals surface area contributed by atoms with E-state index in [1.165, 1.54) is 0 Å². The lowest BCUT2D eigenvalue weighted by molar-refractivity contribution is 0.0734. The molecule has 0 fully saturated rings. The van der Waals surface area contributed by atoms with Crippen LogP contribution in [-0.4, -0.2) is 11.8 Å². The molecule has 0 bridgehead atoms. The Morgan fingerprint density at radius 1 is 1.07 bits per heavy atom. The van der Waals surface area contributed by atoms with Crippen LogP contribution in [0.4, 0.5) is 0 Å². The van der Waals surface area contributed by atoms with Gasteiger partial charge in [0.25, 0.3) is 0 Å². The third kappa shape index (κ3) is 3.41. The van der Waals surface area contributed by atoms with E-state index >= 15 is 0 Å². The summed E-state index contributed by atoms with van der Waals surface area (Å²) in [5.41, 5.74) is 3.08. The summed E-state index contributed by atoms with van der Waals surface area (Å²) in [6.07, 6.45) is 1.75. The zero-order valence-electron chi connectivity index (χ0n) is 14.8. The Bertz CT molecular complexity index is 1070. The van der Waals surface area contributed by atoms with Crippen LogP contribution >= 0.6 is 11.3 Å². The zero-order valence-corrected chi connectivity index (χ0v) is 15.6. The lowest BCUT2D eigenvalue weighted by Gasteiger charge is -2.06. The summed E-state index contributed by atoms with van der Waals surface area (Å²) in [4.78, 5) is 25.8. The van der Waals surface area contributed by atoms with E-state index in [9.17, 15) is 9.59 Å². The van der Waals surface area contributed by atoms with Gasteiger partial charge in [0.15, 0.2) is 5.76 Å². The molecule has 1 aliphatic heterocycles. The molecular formula is C22H16O4S. The van der Waals surface area contributed by atoms with Crippen molar-refractivity contribution in [1.82, 2.24) is 0 Å². The first-order valence-electron chi connectivity index (χ1n) is 8.42. The largest absolute Gasteiger partial charge is 0.452 e. The van der Waals surface area contributed by atoms with Gasteiger partial charge in [-0.25, -0.2) is 4.79 Å². The number of Topliss-reactive ketones (excluding diaryl/α,β-unsaturated/α-hetero) is 1. The number of hydrogen-bond acceptors (Lipinski definition) is 5. The molecule has 0 saturated carbocycles. The second kappa shape index (κ2) is 6.85. The molecule has 0 saturated heterocycles. The van der Waals surface area contributed by atoms with Gasteiger partial charge in [0.05, 0.1) is 11.1 Å². The van der Waals surface area contributed by atoms with Crippen molar-refractivity contribution in [2.45, 2.75) is 13.8 Å². The SMILES string of the molecule is Cc1ccc(C(=O)Oc2ccc3c(c2)OC(=Cc2sccc2C)C3=O)cc1. The number of hydrogen-bond donors (Lipinski definition) is 0. The van der Waals surface area contributed by atoms with E-state index in [1.807, 2.05) is 37.4 Å². The van der Waals surface area contributed by atoms with Crippen LogP contribution in [0.15, 0.2) is 59.7 Å². The number of esters is 1. The molecule has 1 aromatic heterocycles. The lowest BCUT2D eigenvalue weighted by atomic mass is 10.1. The average Bonchev–Trinajstić information content (AvgIpc) is 3.19. The number of allylic oxidation sites excluding steroid dienone is 1. The van der Waals surface area contributed by atoms with Gasteiger partial charge in [-0.1, -0.05) is 17.7 Å². The van der Waals surface area contributed by atoms with Gasteiger partial charge >= 0.3 is 5.97 Å². The molecule has 5 heteroatoms. The highest BCUT2D eigenvalue weighted by Crippen LogP contribution is 2.35. The number of ether oxygens (including phenoxy) is 2. The molecule has 2 aromatic carbocycles. The molecule has 0 unspecified atom stereocenters. The van der Waals surface area contributed by atoms with Crippen molar-refractivity contribution in [2.75, 3.05) is 0 Å². The third-order valence-corrected chi connectivity index (χ3v) is 5.27. The fourth-order valence-electron chi connectivity index (χ4n) is 2.74. The Kier molecular flexibility index (Phi) is 4.38. The molecular weight excluding hydrogens is 360 g/mol. The monoisotopic (exact) mass is 376 g/mol. The first kappa shape index (κ1) is 17.2. The Labute approximate surface area is 160 Å². The molecule has 2 heterocycles. The molecule has 0 atom stereocenters. The minimum Gasteiger partial charge on any atom is -0.452 e. The van der Waals surface area contributed by atoms with Crippen LogP contribution in [-0.2, 0) is 0 Å². The number of rotatable bonds is 3. The second-order valence-electron chi connectivity index (χ2n) is 6.32. The molecule has 4 nitrogen and oxygen atoms in total. The van der Waals surface area contributed by atoms with E-state index in [2.05, 4.69) is 0 Å². The third-order valence-electron chi connectivity index (χ3n) is 4.30. The van der Waals surface area contributed by atoms with Crippen molar-refractivity contribution in [1.29, 1.82) is 0 Å². The predicted octanol–water partition coefficient (Wildman–Crippen LogP) is 5.20. The smallest absolute Gasteiger partial charge is 0.343 e. The fourth-order valence-corrected chi connectivity index (χ4v) is 3.59. The molecule has 0 aliphatic carbocycles. The van der Waals surface area contributed by atoms with E-state index in [1.54, 1.807) is 47.7 Å². The molecule has 0 N–H and O–H groups in total. The lowest BCUT2D eigenvalue weighted by Crippen LogP contribution is -2.08. The molecule has 3 aromatic rings. The van der Waals surface area contributed by atoms with E-state index in [4.69, 9.17) is 9.47 Å². The van der Waals surface area contributed by atoms with Crippen molar-refractivity contribution in [3.05, 3.63) is 86.8 Å². The van der Waals surface area contributed by atoms with E-state index in [0.717, 1.165) is 16.0 Å².